The van der Waals surface area contributed by atoms with Crippen molar-refractivity contribution in [3.8, 4) is 5.69 Å². The van der Waals surface area contributed by atoms with Gasteiger partial charge in [0, 0.05) is 32.0 Å². The lowest BCUT2D eigenvalue weighted by molar-refractivity contribution is 0.271. The molecule has 2 aromatic heterocycles. The summed E-state index contributed by atoms with van der Waals surface area (Å²) in [6.45, 7) is 1.56. The van der Waals surface area contributed by atoms with Gasteiger partial charge in [0.15, 0.2) is 0 Å². The Labute approximate surface area is 150 Å². The van der Waals surface area contributed by atoms with E-state index in [0.29, 0.717) is 25.3 Å². The Hall–Kier alpha value is -2.69. The highest BCUT2D eigenvalue weighted by Gasteiger charge is 2.34. The van der Waals surface area contributed by atoms with Crippen molar-refractivity contribution in [2.45, 2.75) is 10.9 Å². The summed E-state index contributed by atoms with van der Waals surface area (Å²) in [5.41, 5.74) is 1.56. The first-order chi connectivity index (χ1) is 12.7. The van der Waals surface area contributed by atoms with Crippen LogP contribution in [0.1, 0.15) is 11.6 Å². The van der Waals surface area contributed by atoms with Crippen LogP contribution in [0.2, 0.25) is 0 Å². The average Bonchev–Trinajstić information content (AvgIpc) is 3.24. The zero-order valence-electron chi connectivity index (χ0n) is 13.8. The van der Waals surface area contributed by atoms with Gasteiger partial charge in [0.05, 0.1) is 16.6 Å². The minimum absolute atomic E-state index is 0.241. The van der Waals surface area contributed by atoms with Crippen molar-refractivity contribution in [1.82, 2.24) is 34.8 Å². The number of aromatic nitrogens is 5. The Morgan fingerprint density at radius 3 is 2.69 bits per heavy atom. The molecule has 0 radical (unpaired) electrons. The average molecular weight is 371 g/mol. The fraction of sp³-hybridized carbons (Fsp3) is 0.250. The number of rotatable bonds is 4. The zero-order chi connectivity index (χ0) is 18.0. The van der Waals surface area contributed by atoms with Crippen molar-refractivity contribution in [1.29, 1.82) is 0 Å². The summed E-state index contributed by atoms with van der Waals surface area (Å²) in [6, 6.07) is 9.95. The van der Waals surface area contributed by atoms with E-state index in [4.69, 9.17) is 0 Å². The molecule has 3 heterocycles. The van der Waals surface area contributed by atoms with E-state index in [1.54, 1.807) is 36.7 Å². The summed E-state index contributed by atoms with van der Waals surface area (Å²) in [6.07, 6.45) is 4.84. The van der Waals surface area contributed by atoms with Gasteiger partial charge in [0.1, 0.15) is 6.33 Å². The van der Waals surface area contributed by atoms with Gasteiger partial charge in [-0.05, 0) is 46.3 Å². The normalized spacial score (nSPS) is 18.7. The molecule has 134 valence electrons. The standard InChI is InChI=1S/C16H17N7O2S/c24-26(25,15-5-3-14(4-6-15)22-12-19-20-21-22)23-9-8-18-11-16(23)13-2-1-7-17-10-13/h1-7,10,12,16,18H,8-9,11H2. The summed E-state index contributed by atoms with van der Waals surface area (Å²) in [7, 11) is -3.64. The summed E-state index contributed by atoms with van der Waals surface area (Å²) in [4.78, 5) is 4.36. The smallest absolute Gasteiger partial charge is 0.243 e. The van der Waals surface area contributed by atoms with E-state index in [-0.39, 0.29) is 10.9 Å². The quantitative estimate of drug-likeness (QED) is 0.707. The van der Waals surface area contributed by atoms with E-state index in [0.717, 1.165) is 5.56 Å². The Balaban J connectivity index is 1.66. The number of sulfonamides is 1. The maximum absolute atomic E-state index is 13.2. The van der Waals surface area contributed by atoms with E-state index in [1.165, 1.54) is 15.3 Å². The van der Waals surface area contributed by atoms with Gasteiger partial charge >= 0.3 is 0 Å². The second kappa shape index (κ2) is 6.90. The molecule has 4 rings (SSSR count). The molecule has 1 aromatic carbocycles. The molecule has 1 N–H and O–H groups in total. The van der Waals surface area contributed by atoms with E-state index >= 15 is 0 Å². The number of hydrogen-bond acceptors (Lipinski definition) is 7. The number of tetrazole rings is 1. The Morgan fingerprint density at radius 1 is 1.15 bits per heavy atom. The number of benzene rings is 1. The zero-order valence-corrected chi connectivity index (χ0v) is 14.6. The highest BCUT2D eigenvalue weighted by atomic mass is 32.2. The van der Waals surface area contributed by atoms with E-state index < -0.39 is 10.0 Å². The molecule has 3 aromatic rings. The molecule has 10 heteroatoms. The molecule has 1 saturated heterocycles. The minimum atomic E-state index is -3.64. The molecule has 1 atom stereocenters. The third-order valence-electron chi connectivity index (χ3n) is 4.32. The first-order valence-electron chi connectivity index (χ1n) is 8.12. The van der Waals surface area contributed by atoms with E-state index in [9.17, 15) is 8.42 Å². The number of hydrogen-bond donors (Lipinski definition) is 1. The highest BCUT2D eigenvalue weighted by molar-refractivity contribution is 7.89. The van der Waals surface area contributed by atoms with Crippen molar-refractivity contribution in [2.75, 3.05) is 19.6 Å². The molecular weight excluding hydrogens is 354 g/mol. The maximum Gasteiger partial charge on any atom is 0.243 e. The fourth-order valence-electron chi connectivity index (χ4n) is 3.02. The van der Waals surface area contributed by atoms with Gasteiger partial charge in [-0.3, -0.25) is 4.98 Å². The Kier molecular flexibility index (Phi) is 4.45. The van der Waals surface area contributed by atoms with Crippen LogP contribution in [0.4, 0.5) is 0 Å². The second-order valence-corrected chi connectivity index (χ2v) is 7.76. The molecule has 1 aliphatic heterocycles. The van der Waals surface area contributed by atoms with Crippen LogP contribution in [-0.4, -0.2) is 57.5 Å². The van der Waals surface area contributed by atoms with Crippen LogP contribution in [0.5, 0.6) is 0 Å². The first kappa shape index (κ1) is 16.8. The summed E-state index contributed by atoms with van der Waals surface area (Å²) < 4.78 is 29.4. The van der Waals surface area contributed by atoms with Crippen molar-refractivity contribution in [3.05, 3.63) is 60.7 Å². The lowest BCUT2D eigenvalue weighted by Gasteiger charge is -2.35. The topological polar surface area (TPSA) is 106 Å². The van der Waals surface area contributed by atoms with Crippen LogP contribution < -0.4 is 5.32 Å². The molecule has 0 amide bonds. The molecular formula is C16H17N7O2S. The SMILES string of the molecule is O=S(=O)(c1ccc(-n2cnnn2)cc1)N1CCNCC1c1cccnc1. The molecule has 0 aliphatic carbocycles. The molecule has 0 bridgehead atoms. The summed E-state index contributed by atoms with van der Waals surface area (Å²) in [5, 5.41) is 14.2. The van der Waals surface area contributed by atoms with Crippen LogP contribution in [0.3, 0.4) is 0 Å². The molecule has 0 spiro atoms. The van der Waals surface area contributed by atoms with Gasteiger partial charge in [0.2, 0.25) is 10.0 Å². The van der Waals surface area contributed by atoms with Crippen LogP contribution >= 0.6 is 0 Å². The highest BCUT2D eigenvalue weighted by Crippen LogP contribution is 2.28. The van der Waals surface area contributed by atoms with Crippen LogP contribution in [0, 0.1) is 0 Å². The molecule has 9 nitrogen and oxygen atoms in total. The Morgan fingerprint density at radius 2 is 2.00 bits per heavy atom. The van der Waals surface area contributed by atoms with Crippen molar-refractivity contribution in [2.24, 2.45) is 0 Å². The number of pyridine rings is 1. The monoisotopic (exact) mass is 371 g/mol. The molecule has 0 saturated carbocycles. The van der Waals surface area contributed by atoms with Crippen molar-refractivity contribution >= 4 is 10.0 Å². The number of nitrogens with zero attached hydrogens (tertiary/aromatic N) is 6. The summed E-state index contributed by atoms with van der Waals surface area (Å²) in [5.74, 6) is 0. The number of nitrogens with one attached hydrogen (secondary N) is 1. The van der Waals surface area contributed by atoms with Gasteiger partial charge in [-0.15, -0.1) is 5.10 Å². The van der Waals surface area contributed by atoms with Gasteiger partial charge in [-0.25, -0.2) is 13.1 Å². The van der Waals surface area contributed by atoms with Crippen molar-refractivity contribution in [3.63, 3.8) is 0 Å². The third-order valence-corrected chi connectivity index (χ3v) is 6.24. The van der Waals surface area contributed by atoms with Crippen LogP contribution in [-0.2, 0) is 10.0 Å². The molecule has 1 fully saturated rings. The summed E-state index contributed by atoms with van der Waals surface area (Å²) >= 11 is 0. The number of piperazine rings is 1. The Bertz CT molecular complexity index is 960. The second-order valence-electron chi connectivity index (χ2n) is 5.87. The van der Waals surface area contributed by atoms with E-state index in [1.807, 2.05) is 12.1 Å². The van der Waals surface area contributed by atoms with Gasteiger partial charge < -0.3 is 5.32 Å². The first-order valence-corrected chi connectivity index (χ1v) is 9.56. The maximum atomic E-state index is 13.2. The van der Waals surface area contributed by atoms with Gasteiger partial charge in [-0.2, -0.15) is 4.31 Å². The molecule has 26 heavy (non-hydrogen) atoms. The molecule has 1 aliphatic rings. The fourth-order valence-corrected chi connectivity index (χ4v) is 4.63. The van der Waals surface area contributed by atoms with Crippen molar-refractivity contribution < 1.29 is 8.42 Å². The van der Waals surface area contributed by atoms with Gasteiger partial charge in [-0.1, -0.05) is 6.07 Å². The predicted octanol–water partition coefficient (Wildman–Crippen LogP) is 0.392. The van der Waals surface area contributed by atoms with E-state index in [2.05, 4.69) is 25.8 Å². The lowest BCUT2D eigenvalue weighted by atomic mass is 10.1. The van der Waals surface area contributed by atoms with Crippen LogP contribution in [0.25, 0.3) is 5.69 Å². The van der Waals surface area contributed by atoms with Crippen LogP contribution in [0.15, 0.2) is 60.0 Å². The lowest BCUT2D eigenvalue weighted by Crippen LogP contribution is -2.48. The largest absolute Gasteiger partial charge is 0.313 e. The van der Waals surface area contributed by atoms with Gasteiger partial charge in [0.25, 0.3) is 0 Å². The minimum Gasteiger partial charge on any atom is -0.313 e. The third kappa shape index (κ3) is 3.09. The molecule has 1 unspecified atom stereocenters. The predicted molar refractivity (Wildman–Crippen MR) is 92.9 cm³/mol.